The molecule has 2 unspecified atom stereocenters. The van der Waals surface area contributed by atoms with Gasteiger partial charge < -0.3 is 5.32 Å². The molecule has 0 saturated heterocycles. The fraction of sp³-hybridized carbons (Fsp3) is 0.467. The summed E-state index contributed by atoms with van der Waals surface area (Å²) in [4.78, 5) is 7.94. The number of fused-ring (bicyclic) bond motifs is 1. The third-order valence-electron chi connectivity index (χ3n) is 4.09. The van der Waals surface area contributed by atoms with Crippen LogP contribution in [-0.4, -0.2) is 22.2 Å². The van der Waals surface area contributed by atoms with Crippen LogP contribution in [0.5, 0.6) is 0 Å². The molecule has 0 spiro atoms. The van der Waals surface area contributed by atoms with Gasteiger partial charge in [0.25, 0.3) is 0 Å². The van der Waals surface area contributed by atoms with Gasteiger partial charge in [-0.25, -0.2) is 14.4 Å². The number of hydrogen-bond acceptors (Lipinski definition) is 3. The van der Waals surface area contributed by atoms with Crippen molar-refractivity contribution in [2.75, 3.05) is 5.32 Å². The van der Waals surface area contributed by atoms with Gasteiger partial charge in [-0.15, -0.1) is 0 Å². The van der Waals surface area contributed by atoms with Gasteiger partial charge in [0.1, 0.15) is 23.5 Å². The van der Waals surface area contributed by atoms with Crippen molar-refractivity contribution >= 4 is 16.7 Å². The van der Waals surface area contributed by atoms with Crippen molar-refractivity contribution in [2.45, 2.75) is 37.9 Å². The highest BCUT2D eigenvalue weighted by Crippen LogP contribution is 2.38. The number of halogens is 4. The predicted molar refractivity (Wildman–Crippen MR) is 74.9 cm³/mol. The van der Waals surface area contributed by atoms with Gasteiger partial charge >= 0.3 is 6.18 Å². The quantitative estimate of drug-likeness (QED) is 0.840. The van der Waals surface area contributed by atoms with Crippen LogP contribution in [0.3, 0.4) is 0 Å². The molecule has 1 saturated carbocycles. The van der Waals surface area contributed by atoms with Crippen molar-refractivity contribution in [3.8, 4) is 0 Å². The minimum absolute atomic E-state index is 0.0182. The molecule has 3 rings (SSSR count). The Labute approximate surface area is 124 Å². The zero-order chi connectivity index (χ0) is 15.7. The molecule has 0 bridgehead atoms. The monoisotopic (exact) mass is 313 g/mol. The second-order valence-corrected chi connectivity index (χ2v) is 5.60. The van der Waals surface area contributed by atoms with Gasteiger partial charge in [-0.1, -0.05) is 12.5 Å². The van der Waals surface area contributed by atoms with E-state index < -0.39 is 17.9 Å². The Balaban J connectivity index is 1.83. The van der Waals surface area contributed by atoms with Crippen molar-refractivity contribution < 1.29 is 17.6 Å². The Morgan fingerprint density at radius 2 is 1.95 bits per heavy atom. The number of alkyl halides is 3. The number of rotatable bonds is 2. The van der Waals surface area contributed by atoms with Gasteiger partial charge in [-0.05, 0) is 31.4 Å². The van der Waals surface area contributed by atoms with E-state index in [1.807, 2.05) is 0 Å². The first kappa shape index (κ1) is 15.0. The van der Waals surface area contributed by atoms with Crippen molar-refractivity contribution in [3.63, 3.8) is 0 Å². The van der Waals surface area contributed by atoms with Gasteiger partial charge in [0.15, 0.2) is 0 Å². The molecule has 0 amide bonds. The lowest BCUT2D eigenvalue weighted by Crippen LogP contribution is -2.34. The van der Waals surface area contributed by atoms with E-state index in [0.29, 0.717) is 24.0 Å². The van der Waals surface area contributed by atoms with Gasteiger partial charge in [-0.2, -0.15) is 13.2 Å². The van der Waals surface area contributed by atoms with Crippen LogP contribution in [-0.2, 0) is 0 Å². The van der Waals surface area contributed by atoms with E-state index in [4.69, 9.17) is 0 Å². The normalized spacial score (nSPS) is 22.7. The average molecular weight is 313 g/mol. The van der Waals surface area contributed by atoms with Gasteiger partial charge in [0, 0.05) is 11.4 Å². The Morgan fingerprint density at radius 1 is 1.14 bits per heavy atom. The van der Waals surface area contributed by atoms with Crippen LogP contribution < -0.4 is 5.32 Å². The highest BCUT2D eigenvalue weighted by molar-refractivity contribution is 5.89. The highest BCUT2D eigenvalue weighted by atomic mass is 19.4. The molecule has 3 nitrogen and oxygen atoms in total. The molecular weight excluding hydrogens is 298 g/mol. The van der Waals surface area contributed by atoms with Crippen LogP contribution in [0.25, 0.3) is 10.9 Å². The van der Waals surface area contributed by atoms with Crippen LogP contribution in [0.15, 0.2) is 24.5 Å². The number of hydrogen-bond donors (Lipinski definition) is 1. The number of aromatic nitrogens is 2. The van der Waals surface area contributed by atoms with E-state index in [0.717, 1.165) is 0 Å². The summed E-state index contributed by atoms with van der Waals surface area (Å²) in [6, 6.07) is 4.16. The fourth-order valence-corrected chi connectivity index (χ4v) is 2.98. The van der Waals surface area contributed by atoms with Crippen LogP contribution in [0, 0.1) is 11.7 Å². The van der Waals surface area contributed by atoms with Crippen molar-refractivity contribution in [2.24, 2.45) is 5.92 Å². The SMILES string of the molecule is Fc1cccc2c(NC3CCCC(C(F)(F)F)C3)ncnc12. The molecule has 1 N–H and O–H groups in total. The number of nitrogens with zero attached hydrogens (tertiary/aromatic N) is 2. The molecule has 118 valence electrons. The Bertz CT molecular complexity index is 671. The molecule has 1 aliphatic carbocycles. The molecule has 22 heavy (non-hydrogen) atoms. The van der Waals surface area contributed by atoms with Gasteiger partial charge in [0.05, 0.1) is 5.92 Å². The molecule has 1 aromatic heterocycles. The molecule has 1 aliphatic rings. The Hall–Kier alpha value is -1.92. The maximum Gasteiger partial charge on any atom is 0.391 e. The van der Waals surface area contributed by atoms with Crippen molar-refractivity contribution in [1.82, 2.24) is 9.97 Å². The first-order valence-corrected chi connectivity index (χ1v) is 7.17. The first-order valence-electron chi connectivity index (χ1n) is 7.17. The fourth-order valence-electron chi connectivity index (χ4n) is 2.98. The van der Waals surface area contributed by atoms with Gasteiger partial charge in [-0.3, -0.25) is 0 Å². The summed E-state index contributed by atoms with van der Waals surface area (Å²) < 4.78 is 52.3. The molecule has 7 heteroatoms. The minimum Gasteiger partial charge on any atom is -0.367 e. The molecule has 0 radical (unpaired) electrons. The number of para-hydroxylation sites is 1. The van der Waals surface area contributed by atoms with E-state index in [1.54, 1.807) is 6.07 Å². The zero-order valence-corrected chi connectivity index (χ0v) is 11.7. The van der Waals surface area contributed by atoms with E-state index in [9.17, 15) is 17.6 Å². The summed E-state index contributed by atoms with van der Waals surface area (Å²) in [6.45, 7) is 0. The second kappa shape index (κ2) is 5.70. The van der Waals surface area contributed by atoms with E-state index in [1.165, 1.54) is 18.5 Å². The highest BCUT2D eigenvalue weighted by Gasteiger charge is 2.42. The second-order valence-electron chi connectivity index (χ2n) is 5.60. The summed E-state index contributed by atoms with van der Waals surface area (Å²) in [5.74, 6) is -1.37. The Kier molecular flexibility index (Phi) is 3.88. The molecule has 1 fully saturated rings. The van der Waals surface area contributed by atoms with Crippen molar-refractivity contribution in [1.29, 1.82) is 0 Å². The molecular formula is C15H15F4N3. The van der Waals surface area contributed by atoms with Crippen LogP contribution in [0.4, 0.5) is 23.4 Å². The van der Waals surface area contributed by atoms with Gasteiger partial charge in [0.2, 0.25) is 0 Å². The van der Waals surface area contributed by atoms with Crippen LogP contribution >= 0.6 is 0 Å². The number of anilines is 1. The Morgan fingerprint density at radius 3 is 2.73 bits per heavy atom. The molecule has 2 aromatic rings. The number of nitrogens with one attached hydrogen (secondary N) is 1. The van der Waals surface area contributed by atoms with Crippen LogP contribution in [0.2, 0.25) is 0 Å². The third kappa shape index (κ3) is 2.98. The van der Waals surface area contributed by atoms with Crippen molar-refractivity contribution in [3.05, 3.63) is 30.3 Å². The molecule has 1 heterocycles. The maximum absolute atomic E-state index is 13.7. The molecule has 2 atom stereocenters. The third-order valence-corrected chi connectivity index (χ3v) is 4.09. The zero-order valence-electron chi connectivity index (χ0n) is 11.7. The lowest BCUT2D eigenvalue weighted by atomic mass is 9.85. The summed E-state index contributed by atoms with van der Waals surface area (Å²) in [6.07, 6.45) is -1.60. The van der Waals surface area contributed by atoms with E-state index >= 15 is 0 Å². The lowest BCUT2D eigenvalue weighted by Gasteiger charge is -2.31. The standard InChI is InChI=1S/C15H15F4N3/c16-12-6-2-5-11-13(12)20-8-21-14(11)22-10-4-1-3-9(7-10)15(17,18)19/h2,5-6,8-10H,1,3-4,7H2,(H,20,21,22). The molecule has 0 aliphatic heterocycles. The summed E-state index contributed by atoms with van der Waals surface area (Å²) >= 11 is 0. The summed E-state index contributed by atoms with van der Waals surface area (Å²) in [5.41, 5.74) is 0.170. The largest absolute Gasteiger partial charge is 0.391 e. The lowest BCUT2D eigenvalue weighted by molar-refractivity contribution is -0.182. The minimum atomic E-state index is -4.17. The topological polar surface area (TPSA) is 37.8 Å². The smallest absolute Gasteiger partial charge is 0.367 e. The molecule has 1 aromatic carbocycles. The maximum atomic E-state index is 13.7. The van der Waals surface area contributed by atoms with Crippen LogP contribution in [0.1, 0.15) is 25.7 Å². The predicted octanol–water partition coefficient (Wildman–Crippen LogP) is 4.30. The van der Waals surface area contributed by atoms with E-state index in [-0.39, 0.29) is 24.4 Å². The summed E-state index contributed by atoms with van der Waals surface area (Å²) in [7, 11) is 0. The van der Waals surface area contributed by atoms with E-state index in [2.05, 4.69) is 15.3 Å². The first-order chi connectivity index (χ1) is 10.4. The number of benzene rings is 1. The average Bonchev–Trinajstić information content (AvgIpc) is 2.48. The summed E-state index contributed by atoms with van der Waals surface area (Å²) in [5, 5.41) is 3.52.